The van der Waals surface area contributed by atoms with E-state index in [0.29, 0.717) is 12.8 Å². The van der Waals surface area contributed by atoms with Crippen molar-refractivity contribution in [2.75, 3.05) is 0 Å². The van der Waals surface area contributed by atoms with Crippen molar-refractivity contribution in [1.82, 2.24) is 0 Å². The topological polar surface area (TPSA) is 70.7 Å². The van der Waals surface area contributed by atoms with Crippen LogP contribution in [0.1, 0.15) is 58.1 Å². The van der Waals surface area contributed by atoms with E-state index in [9.17, 15) is 15.0 Å². The van der Waals surface area contributed by atoms with Gasteiger partial charge in [-0.25, -0.2) is 0 Å². The molecule has 0 aromatic carbocycles. The van der Waals surface area contributed by atoms with Gasteiger partial charge in [0.05, 0.1) is 18.6 Å². The molecule has 2 N–H and O–H groups in total. The maximum Gasteiger partial charge on any atom is 0.162 e. The number of ketones is 1. The molecule has 1 aromatic rings. The minimum Gasteiger partial charge on any atom is -0.472 e. The number of aliphatic hydroxyl groups is 2. The molecule has 4 nitrogen and oxygen atoms in total. The fraction of sp³-hybridized carbons (Fsp3) is 0.650. The van der Waals surface area contributed by atoms with Crippen molar-refractivity contribution in [3.05, 3.63) is 36.3 Å². The van der Waals surface area contributed by atoms with Crippen LogP contribution in [0, 0.1) is 22.7 Å². The van der Waals surface area contributed by atoms with Crippen molar-refractivity contribution in [3.8, 4) is 0 Å². The molecule has 0 bridgehead atoms. The number of carbonyl (C=O) groups excluding carboxylic acids is 1. The monoisotopic (exact) mass is 332 g/mol. The Morgan fingerprint density at radius 2 is 2.12 bits per heavy atom. The van der Waals surface area contributed by atoms with Crippen molar-refractivity contribution in [2.24, 2.45) is 22.7 Å². The summed E-state index contributed by atoms with van der Waals surface area (Å²) in [4.78, 5) is 12.5. The van der Waals surface area contributed by atoms with Gasteiger partial charge in [-0.3, -0.25) is 4.79 Å². The molecule has 1 aromatic heterocycles. The van der Waals surface area contributed by atoms with Gasteiger partial charge < -0.3 is 14.6 Å². The van der Waals surface area contributed by atoms with E-state index in [0.717, 1.165) is 24.0 Å². The van der Waals surface area contributed by atoms with Crippen LogP contribution >= 0.6 is 0 Å². The highest BCUT2D eigenvalue weighted by Crippen LogP contribution is 2.61. The largest absolute Gasteiger partial charge is 0.472 e. The predicted octanol–water partition coefficient (Wildman–Crippen LogP) is 3.65. The molecule has 24 heavy (non-hydrogen) atoms. The third-order valence-corrected chi connectivity index (χ3v) is 6.69. The number of aliphatic hydroxyl groups excluding tert-OH is 2. The van der Waals surface area contributed by atoms with Crippen LogP contribution in [0.3, 0.4) is 0 Å². The number of furan rings is 1. The van der Waals surface area contributed by atoms with E-state index in [4.69, 9.17) is 4.42 Å². The first-order chi connectivity index (χ1) is 11.2. The van der Waals surface area contributed by atoms with Crippen LogP contribution in [0.5, 0.6) is 0 Å². The van der Waals surface area contributed by atoms with Crippen molar-refractivity contribution in [1.29, 1.82) is 0 Å². The highest BCUT2D eigenvalue weighted by molar-refractivity contribution is 5.85. The van der Waals surface area contributed by atoms with Crippen molar-refractivity contribution >= 4 is 5.78 Å². The highest BCUT2D eigenvalue weighted by Gasteiger charge is 2.59. The molecule has 132 valence electrons. The molecular weight excluding hydrogens is 304 g/mol. The Morgan fingerprint density at radius 3 is 2.75 bits per heavy atom. The standard InChI is InChI=1S/C20H28O4/c1-12-5-6-17-19(2,3)18(23)16(22)10-20(17,4)14(12)9-15(21)13-7-8-24-11-13/h7-8,11,14-15,17-18,21,23H,1,5-6,9-10H2,2-4H3/t14-,15?,17+,18+,20-/m0/s1. The SMILES string of the molecule is C=C1CC[C@@H]2C(C)(C)[C@H](O)C(=O)C[C@@]2(C)[C@H]1CC(O)c1ccoc1. The highest BCUT2D eigenvalue weighted by atomic mass is 16.3. The lowest BCUT2D eigenvalue weighted by Crippen LogP contribution is -2.58. The number of rotatable bonds is 3. The number of allylic oxidation sites excluding steroid dienone is 1. The van der Waals surface area contributed by atoms with Gasteiger partial charge in [0.15, 0.2) is 5.78 Å². The Hall–Kier alpha value is -1.39. The molecule has 0 saturated heterocycles. The smallest absolute Gasteiger partial charge is 0.162 e. The fourth-order valence-electron chi connectivity index (χ4n) is 5.35. The first kappa shape index (κ1) is 17.4. The second kappa shape index (κ2) is 5.85. The van der Waals surface area contributed by atoms with Gasteiger partial charge in [0, 0.05) is 17.4 Å². The average molecular weight is 332 g/mol. The van der Waals surface area contributed by atoms with E-state index in [-0.39, 0.29) is 23.0 Å². The Labute approximate surface area is 143 Å². The molecule has 0 amide bonds. The van der Waals surface area contributed by atoms with Crippen molar-refractivity contribution in [2.45, 2.75) is 58.7 Å². The van der Waals surface area contributed by atoms with Gasteiger partial charge >= 0.3 is 0 Å². The fourth-order valence-corrected chi connectivity index (χ4v) is 5.35. The Kier molecular flexibility index (Phi) is 4.25. The summed E-state index contributed by atoms with van der Waals surface area (Å²) in [5.41, 5.74) is 1.13. The molecule has 0 radical (unpaired) electrons. The van der Waals surface area contributed by atoms with E-state index in [1.165, 1.54) is 0 Å². The molecule has 1 heterocycles. The van der Waals surface area contributed by atoms with E-state index >= 15 is 0 Å². The molecule has 0 aliphatic heterocycles. The third-order valence-electron chi connectivity index (χ3n) is 6.69. The molecule has 2 aliphatic carbocycles. The quantitative estimate of drug-likeness (QED) is 0.829. The van der Waals surface area contributed by atoms with Crippen LogP contribution in [-0.2, 0) is 4.79 Å². The summed E-state index contributed by atoms with van der Waals surface area (Å²) in [6.45, 7) is 10.4. The van der Waals surface area contributed by atoms with Crippen molar-refractivity contribution in [3.63, 3.8) is 0 Å². The second-order valence-corrected chi connectivity index (χ2v) is 8.48. The van der Waals surface area contributed by atoms with Gasteiger partial charge in [-0.05, 0) is 42.6 Å². The van der Waals surface area contributed by atoms with Gasteiger partial charge in [-0.2, -0.15) is 0 Å². The van der Waals surface area contributed by atoms with Crippen molar-refractivity contribution < 1.29 is 19.4 Å². The van der Waals surface area contributed by atoms with Crippen LogP contribution in [0.4, 0.5) is 0 Å². The summed E-state index contributed by atoms with van der Waals surface area (Å²) in [5.74, 6) is 0.192. The summed E-state index contributed by atoms with van der Waals surface area (Å²) < 4.78 is 5.08. The summed E-state index contributed by atoms with van der Waals surface area (Å²) in [6, 6.07) is 1.77. The van der Waals surface area contributed by atoms with Gasteiger partial charge in [0.2, 0.25) is 0 Å². The average Bonchev–Trinajstić information content (AvgIpc) is 3.03. The number of hydrogen-bond donors (Lipinski definition) is 2. The Balaban J connectivity index is 1.93. The first-order valence-corrected chi connectivity index (χ1v) is 8.76. The van der Waals surface area contributed by atoms with E-state index in [2.05, 4.69) is 13.5 Å². The normalized spacial score (nSPS) is 37.1. The van der Waals surface area contributed by atoms with Crippen LogP contribution in [-0.4, -0.2) is 22.1 Å². The number of Topliss-reactive ketones (excluding diaryl/α,β-unsaturated/α-hetero) is 1. The number of hydrogen-bond acceptors (Lipinski definition) is 4. The Bertz CT molecular complexity index is 630. The Morgan fingerprint density at radius 1 is 1.42 bits per heavy atom. The lowest BCUT2D eigenvalue weighted by molar-refractivity contribution is -0.163. The lowest BCUT2D eigenvalue weighted by Gasteiger charge is -2.58. The van der Waals surface area contributed by atoms with Crippen LogP contribution in [0.25, 0.3) is 0 Å². The molecule has 2 aliphatic rings. The maximum absolute atomic E-state index is 12.5. The molecule has 5 atom stereocenters. The third kappa shape index (κ3) is 2.56. The number of carbonyl (C=O) groups is 1. The zero-order valence-corrected chi connectivity index (χ0v) is 14.8. The van der Waals surface area contributed by atoms with Gasteiger partial charge in [-0.15, -0.1) is 0 Å². The zero-order valence-electron chi connectivity index (χ0n) is 14.8. The number of fused-ring (bicyclic) bond motifs is 1. The molecule has 1 unspecified atom stereocenters. The van der Waals surface area contributed by atoms with E-state index in [1.807, 2.05) is 13.8 Å². The summed E-state index contributed by atoms with van der Waals surface area (Å²) in [5, 5.41) is 21.0. The molecule has 3 rings (SSSR count). The summed E-state index contributed by atoms with van der Waals surface area (Å²) in [7, 11) is 0. The predicted molar refractivity (Wildman–Crippen MR) is 91.2 cm³/mol. The summed E-state index contributed by atoms with van der Waals surface area (Å²) in [6.07, 6.45) is 4.29. The van der Waals surface area contributed by atoms with Crippen LogP contribution in [0.15, 0.2) is 35.2 Å². The molecule has 2 saturated carbocycles. The first-order valence-electron chi connectivity index (χ1n) is 8.76. The van der Waals surface area contributed by atoms with Crippen LogP contribution in [0.2, 0.25) is 0 Å². The molecule has 2 fully saturated rings. The van der Waals surface area contributed by atoms with E-state index in [1.54, 1.807) is 18.6 Å². The van der Waals surface area contributed by atoms with Crippen LogP contribution < -0.4 is 0 Å². The summed E-state index contributed by atoms with van der Waals surface area (Å²) >= 11 is 0. The van der Waals surface area contributed by atoms with Gasteiger partial charge in [-0.1, -0.05) is 32.9 Å². The zero-order chi connectivity index (χ0) is 17.7. The minimum absolute atomic E-state index is 0.0527. The maximum atomic E-state index is 12.5. The lowest BCUT2D eigenvalue weighted by atomic mass is 9.46. The molecular formula is C20H28O4. The second-order valence-electron chi connectivity index (χ2n) is 8.48. The van der Waals surface area contributed by atoms with E-state index < -0.39 is 17.6 Å². The minimum atomic E-state index is -0.901. The van der Waals surface area contributed by atoms with Gasteiger partial charge in [0.1, 0.15) is 6.10 Å². The molecule has 4 heteroatoms. The van der Waals surface area contributed by atoms with Gasteiger partial charge in [0.25, 0.3) is 0 Å². The molecule has 0 spiro atoms.